The molecular weight excluding hydrogens is 340 g/mol. The highest BCUT2D eigenvalue weighted by molar-refractivity contribution is 5.94. The van der Waals surface area contributed by atoms with Crippen LogP contribution in [0.25, 0.3) is 0 Å². The van der Waals surface area contributed by atoms with Crippen molar-refractivity contribution in [1.82, 2.24) is 20.4 Å². The molecule has 6 nitrogen and oxygen atoms in total. The van der Waals surface area contributed by atoms with Crippen molar-refractivity contribution in [1.29, 1.82) is 0 Å². The minimum Gasteiger partial charge on any atom is -0.341 e. The van der Waals surface area contributed by atoms with Gasteiger partial charge in [0.2, 0.25) is 5.89 Å². The van der Waals surface area contributed by atoms with Gasteiger partial charge in [0.05, 0.1) is 0 Å². The van der Waals surface area contributed by atoms with Gasteiger partial charge in [-0.3, -0.25) is 9.69 Å². The van der Waals surface area contributed by atoms with Crippen molar-refractivity contribution in [3.63, 3.8) is 0 Å². The maximum atomic E-state index is 12.5. The number of aromatic nitrogens is 2. The molecule has 1 aliphatic heterocycles. The Morgan fingerprint density at radius 1 is 1.19 bits per heavy atom. The third-order valence-electron chi connectivity index (χ3n) is 5.44. The van der Waals surface area contributed by atoms with Crippen molar-refractivity contribution in [2.45, 2.75) is 64.0 Å². The van der Waals surface area contributed by atoms with Crippen LogP contribution in [0.3, 0.4) is 0 Å². The first-order valence-electron chi connectivity index (χ1n) is 10.1. The smallest absolute Gasteiger partial charge is 0.251 e. The Bertz CT molecular complexity index is 759. The number of hydrogen-bond acceptors (Lipinski definition) is 5. The molecule has 27 heavy (non-hydrogen) atoms. The van der Waals surface area contributed by atoms with Crippen LogP contribution in [0.1, 0.15) is 85.0 Å². The number of hydrogen-bond donors (Lipinski definition) is 1. The molecule has 0 radical (unpaired) electrons. The second-order valence-corrected chi connectivity index (χ2v) is 7.85. The Morgan fingerprint density at radius 2 is 1.89 bits per heavy atom. The number of benzene rings is 1. The van der Waals surface area contributed by atoms with Gasteiger partial charge in [-0.1, -0.05) is 30.1 Å². The molecule has 4 rings (SSSR count). The molecule has 1 aliphatic carbocycles. The molecule has 144 valence electrons. The molecule has 1 N–H and O–H groups in total. The van der Waals surface area contributed by atoms with Crippen LogP contribution >= 0.6 is 0 Å². The largest absolute Gasteiger partial charge is 0.341 e. The van der Waals surface area contributed by atoms with Crippen LogP contribution < -0.4 is 5.32 Å². The Morgan fingerprint density at radius 3 is 2.56 bits per heavy atom. The monoisotopic (exact) mass is 368 g/mol. The highest BCUT2D eigenvalue weighted by atomic mass is 16.5. The SMILES string of the molecule is CC(NC(=O)c1ccc(CN2CCCCCC2)cc1)c1nc(C2CC2)no1. The molecule has 0 spiro atoms. The molecule has 2 fully saturated rings. The number of carbonyl (C=O) groups is 1. The summed E-state index contributed by atoms with van der Waals surface area (Å²) >= 11 is 0. The topological polar surface area (TPSA) is 71.3 Å². The number of carbonyl (C=O) groups excluding carboxylic acids is 1. The van der Waals surface area contributed by atoms with Crippen molar-refractivity contribution in [2.24, 2.45) is 0 Å². The van der Waals surface area contributed by atoms with Crippen molar-refractivity contribution in [2.75, 3.05) is 13.1 Å². The highest BCUT2D eigenvalue weighted by Crippen LogP contribution is 2.38. The van der Waals surface area contributed by atoms with E-state index in [4.69, 9.17) is 4.52 Å². The fourth-order valence-electron chi connectivity index (χ4n) is 3.59. The van der Waals surface area contributed by atoms with Gasteiger partial charge in [-0.15, -0.1) is 0 Å². The molecule has 1 aromatic heterocycles. The lowest BCUT2D eigenvalue weighted by molar-refractivity contribution is 0.0932. The predicted octanol–water partition coefficient (Wildman–Crippen LogP) is 3.81. The van der Waals surface area contributed by atoms with Crippen LogP contribution in [0.5, 0.6) is 0 Å². The quantitative estimate of drug-likeness (QED) is 0.839. The summed E-state index contributed by atoms with van der Waals surface area (Å²) in [6.45, 7) is 5.18. The van der Waals surface area contributed by atoms with Gasteiger partial charge in [0.15, 0.2) is 5.82 Å². The van der Waals surface area contributed by atoms with E-state index in [1.807, 2.05) is 19.1 Å². The van der Waals surface area contributed by atoms with E-state index in [1.165, 1.54) is 44.3 Å². The van der Waals surface area contributed by atoms with Gasteiger partial charge in [0.1, 0.15) is 6.04 Å². The second-order valence-electron chi connectivity index (χ2n) is 7.85. The van der Waals surface area contributed by atoms with E-state index in [0.717, 1.165) is 25.2 Å². The molecule has 2 heterocycles. The van der Waals surface area contributed by atoms with Crippen LogP contribution in [-0.4, -0.2) is 34.0 Å². The van der Waals surface area contributed by atoms with Crippen LogP contribution in [-0.2, 0) is 6.54 Å². The third-order valence-corrected chi connectivity index (χ3v) is 5.44. The molecule has 6 heteroatoms. The normalized spacial score (nSPS) is 19.4. The van der Waals surface area contributed by atoms with Crippen LogP contribution in [0, 0.1) is 0 Å². The Balaban J connectivity index is 1.32. The Hall–Kier alpha value is -2.21. The molecule has 2 aromatic rings. The Kier molecular flexibility index (Phi) is 5.53. The van der Waals surface area contributed by atoms with Crippen LogP contribution in [0.4, 0.5) is 0 Å². The Labute approximate surface area is 160 Å². The van der Waals surface area contributed by atoms with Crippen molar-refractivity contribution < 1.29 is 9.32 Å². The van der Waals surface area contributed by atoms with E-state index in [1.54, 1.807) is 0 Å². The van der Waals surface area contributed by atoms with E-state index in [0.29, 0.717) is 17.4 Å². The lowest BCUT2D eigenvalue weighted by Crippen LogP contribution is -2.27. The minimum absolute atomic E-state index is 0.116. The summed E-state index contributed by atoms with van der Waals surface area (Å²) in [5.74, 6) is 1.57. The fraction of sp³-hybridized carbons (Fsp3) is 0.571. The first-order chi connectivity index (χ1) is 13.2. The van der Waals surface area contributed by atoms with Crippen molar-refractivity contribution >= 4 is 5.91 Å². The van der Waals surface area contributed by atoms with Crippen molar-refractivity contribution in [3.05, 3.63) is 47.1 Å². The zero-order chi connectivity index (χ0) is 18.6. The van der Waals surface area contributed by atoms with E-state index in [9.17, 15) is 4.79 Å². The van der Waals surface area contributed by atoms with Gasteiger partial charge < -0.3 is 9.84 Å². The average Bonchev–Trinajstić information content (AvgIpc) is 3.46. The van der Waals surface area contributed by atoms with Gasteiger partial charge in [0.25, 0.3) is 5.91 Å². The molecule has 1 unspecified atom stereocenters. The summed E-state index contributed by atoms with van der Waals surface area (Å²) in [5.41, 5.74) is 1.91. The van der Waals surface area contributed by atoms with E-state index in [-0.39, 0.29) is 11.9 Å². The number of likely N-dealkylation sites (tertiary alicyclic amines) is 1. The average molecular weight is 368 g/mol. The minimum atomic E-state index is -0.297. The van der Waals surface area contributed by atoms with Crippen LogP contribution in [0.2, 0.25) is 0 Å². The van der Waals surface area contributed by atoms with Crippen molar-refractivity contribution in [3.8, 4) is 0 Å². The van der Waals surface area contributed by atoms with E-state index < -0.39 is 0 Å². The molecule has 1 saturated heterocycles. The summed E-state index contributed by atoms with van der Waals surface area (Å²) in [4.78, 5) is 19.4. The molecule has 1 saturated carbocycles. The number of nitrogens with zero attached hydrogens (tertiary/aromatic N) is 3. The van der Waals surface area contributed by atoms with Gasteiger partial charge >= 0.3 is 0 Å². The van der Waals surface area contributed by atoms with Gasteiger partial charge in [-0.2, -0.15) is 4.98 Å². The molecule has 1 atom stereocenters. The lowest BCUT2D eigenvalue weighted by Gasteiger charge is -2.19. The van der Waals surface area contributed by atoms with Crippen LogP contribution in [0.15, 0.2) is 28.8 Å². The molecule has 1 aromatic carbocycles. The molecular formula is C21H28N4O2. The molecule has 0 bridgehead atoms. The first kappa shape index (κ1) is 18.2. The number of rotatable bonds is 6. The summed E-state index contributed by atoms with van der Waals surface area (Å²) in [6, 6.07) is 7.62. The zero-order valence-corrected chi connectivity index (χ0v) is 16.0. The predicted molar refractivity (Wildman–Crippen MR) is 102 cm³/mol. The van der Waals surface area contributed by atoms with E-state index >= 15 is 0 Å². The number of amides is 1. The van der Waals surface area contributed by atoms with Gasteiger partial charge in [0, 0.05) is 18.0 Å². The maximum absolute atomic E-state index is 12.5. The highest BCUT2D eigenvalue weighted by Gasteiger charge is 2.29. The first-order valence-corrected chi connectivity index (χ1v) is 10.1. The lowest BCUT2D eigenvalue weighted by atomic mass is 10.1. The zero-order valence-electron chi connectivity index (χ0n) is 16.0. The standard InChI is InChI=1S/C21H28N4O2/c1-15(21-23-19(24-27-21)17-10-11-17)22-20(26)18-8-6-16(7-9-18)14-25-12-4-2-3-5-13-25/h6-9,15,17H,2-5,10-14H2,1H3,(H,22,26). The number of nitrogens with one attached hydrogen (secondary N) is 1. The van der Waals surface area contributed by atoms with Gasteiger partial charge in [-0.05, 0) is 63.4 Å². The van der Waals surface area contributed by atoms with Gasteiger partial charge in [-0.25, -0.2) is 0 Å². The summed E-state index contributed by atoms with van der Waals surface area (Å²) in [5, 5.41) is 6.96. The summed E-state index contributed by atoms with van der Waals surface area (Å²) < 4.78 is 5.30. The summed E-state index contributed by atoms with van der Waals surface area (Å²) in [6.07, 6.45) is 7.52. The summed E-state index contributed by atoms with van der Waals surface area (Å²) in [7, 11) is 0. The third kappa shape index (κ3) is 4.75. The van der Waals surface area contributed by atoms with E-state index in [2.05, 4.69) is 32.5 Å². The molecule has 2 aliphatic rings. The molecule has 1 amide bonds. The fourth-order valence-corrected chi connectivity index (χ4v) is 3.59. The maximum Gasteiger partial charge on any atom is 0.251 e. The second kappa shape index (κ2) is 8.21.